The number of aromatic nitrogens is 2. The number of amides is 1. The first-order valence-corrected chi connectivity index (χ1v) is 10.1. The Morgan fingerprint density at radius 3 is 2.48 bits per heavy atom. The lowest BCUT2D eigenvalue weighted by atomic mass is 10.1. The molecule has 2 N–H and O–H groups in total. The number of rotatable bonds is 5. The van der Waals surface area contributed by atoms with Crippen LogP contribution in [-0.2, 0) is 16.4 Å². The number of sulfonamides is 1. The van der Waals surface area contributed by atoms with Crippen LogP contribution >= 0.6 is 11.3 Å². The second-order valence-corrected chi connectivity index (χ2v) is 9.39. The summed E-state index contributed by atoms with van der Waals surface area (Å²) in [6, 6.07) is 4.48. The third kappa shape index (κ3) is 5.07. The van der Waals surface area contributed by atoms with Crippen molar-refractivity contribution in [2.45, 2.75) is 51.5 Å². The predicted molar refractivity (Wildman–Crippen MR) is 98.5 cm³/mol. The lowest BCUT2D eigenvalue weighted by Gasteiger charge is -2.20. The van der Waals surface area contributed by atoms with E-state index in [9.17, 15) is 13.2 Å². The number of carbonyl (C=O) groups excluding carboxylic acids is 1. The molecule has 0 fully saturated rings. The molecule has 0 saturated carbocycles. The summed E-state index contributed by atoms with van der Waals surface area (Å²) in [5.74, 6) is -0.413. The Hall–Kier alpha value is -1.84. The minimum atomic E-state index is -3.72. The van der Waals surface area contributed by atoms with Gasteiger partial charge in [-0.15, -0.1) is 10.2 Å². The van der Waals surface area contributed by atoms with Crippen molar-refractivity contribution >= 4 is 32.4 Å². The molecule has 0 aliphatic carbocycles. The third-order valence-corrected chi connectivity index (χ3v) is 5.93. The molecule has 0 bridgehead atoms. The normalized spacial score (nSPS) is 12.2. The van der Waals surface area contributed by atoms with Gasteiger partial charge >= 0.3 is 0 Å². The Balaban J connectivity index is 2.30. The molecule has 0 aliphatic rings. The maximum atomic E-state index is 12.5. The first kappa shape index (κ1) is 19.5. The van der Waals surface area contributed by atoms with Crippen LogP contribution in [0.15, 0.2) is 23.1 Å². The highest BCUT2D eigenvalue weighted by Crippen LogP contribution is 2.20. The van der Waals surface area contributed by atoms with Gasteiger partial charge in [0.25, 0.3) is 5.91 Å². The van der Waals surface area contributed by atoms with Gasteiger partial charge in [-0.05, 0) is 51.8 Å². The summed E-state index contributed by atoms with van der Waals surface area (Å²) >= 11 is 1.29. The van der Waals surface area contributed by atoms with E-state index < -0.39 is 21.5 Å². The van der Waals surface area contributed by atoms with Gasteiger partial charge in [0.1, 0.15) is 5.01 Å². The molecule has 1 aromatic carbocycles. The highest BCUT2D eigenvalue weighted by atomic mass is 32.2. The van der Waals surface area contributed by atoms with Gasteiger partial charge in [0.05, 0.1) is 4.90 Å². The third-order valence-electron chi connectivity index (χ3n) is 3.19. The smallest absolute Gasteiger partial charge is 0.257 e. The quantitative estimate of drug-likeness (QED) is 0.828. The first-order valence-electron chi connectivity index (χ1n) is 7.80. The molecular weight excluding hydrogens is 360 g/mol. The monoisotopic (exact) mass is 382 g/mol. The van der Waals surface area contributed by atoms with Crippen LogP contribution < -0.4 is 10.0 Å². The van der Waals surface area contributed by atoms with Crippen LogP contribution in [0.1, 0.15) is 48.6 Å². The van der Waals surface area contributed by atoms with Gasteiger partial charge in [-0.1, -0.05) is 24.3 Å². The molecule has 7 nitrogen and oxygen atoms in total. The number of carbonyl (C=O) groups is 1. The molecule has 25 heavy (non-hydrogen) atoms. The number of nitrogens with one attached hydrogen (secondary N) is 2. The molecule has 0 saturated heterocycles. The molecule has 0 spiro atoms. The van der Waals surface area contributed by atoms with E-state index in [4.69, 9.17) is 0 Å². The number of benzene rings is 1. The van der Waals surface area contributed by atoms with Gasteiger partial charge in [-0.25, -0.2) is 13.1 Å². The van der Waals surface area contributed by atoms with Crippen LogP contribution in [0.2, 0.25) is 0 Å². The number of hydrogen-bond acceptors (Lipinski definition) is 6. The first-order chi connectivity index (χ1) is 11.5. The van der Waals surface area contributed by atoms with E-state index in [1.807, 2.05) is 6.92 Å². The van der Waals surface area contributed by atoms with Crippen molar-refractivity contribution < 1.29 is 13.2 Å². The van der Waals surface area contributed by atoms with E-state index in [2.05, 4.69) is 20.2 Å². The summed E-state index contributed by atoms with van der Waals surface area (Å²) in [5, 5.41) is 11.7. The summed E-state index contributed by atoms with van der Waals surface area (Å²) in [4.78, 5) is 12.6. The Morgan fingerprint density at radius 1 is 1.24 bits per heavy atom. The second kappa shape index (κ2) is 7.19. The largest absolute Gasteiger partial charge is 0.296 e. The molecule has 0 unspecified atom stereocenters. The zero-order valence-corrected chi connectivity index (χ0v) is 16.5. The van der Waals surface area contributed by atoms with Gasteiger partial charge in [0.2, 0.25) is 15.2 Å². The summed E-state index contributed by atoms with van der Waals surface area (Å²) in [6.07, 6.45) is 0.735. The molecule has 1 heterocycles. The fourth-order valence-corrected chi connectivity index (χ4v) is 4.21. The maximum absolute atomic E-state index is 12.5. The summed E-state index contributed by atoms with van der Waals surface area (Å²) < 4.78 is 27.5. The van der Waals surface area contributed by atoms with Crippen molar-refractivity contribution in [3.8, 4) is 0 Å². The van der Waals surface area contributed by atoms with E-state index in [1.165, 1.54) is 23.5 Å². The van der Waals surface area contributed by atoms with Crippen LogP contribution in [0.4, 0.5) is 5.13 Å². The van der Waals surface area contributed by atoms with Gasteiger partial charge < -0.3 is 0 Å². The summed E-state index contributed by atoms with van der Waals surface area (Å²) in [5.41, 5.74) is 0.340. The van der Waals surface area contributed by atoms with E-state index in [1.54, 1.807) is 33.8 Å². The average Bonchev–Trinajstić information content (AvgIpc) is 2.92. The zero-order valence-electron chi connectivity index (χ0n) is 14.9. The van der Waals surface area contributed by atoms with Crippen LogP contribution in [0, 0.1) is 6.92 Å². The highest BCUT2D eigenvalue weighted by Gasteiger charge is 2.23. The van der Waals surface area contributed by atoms with E-state index in [-0.39, 0.29) is 10.5 Å². The molecule has 2 aromatic rings. The molecule has 0 aliphatic heterocycles. The summed E-state index contributed by atoms with van der Waals surface area (Å²) in [6.45, 7) is 8.97. The van der Waals surface area contributed by atoms with E-state index in [0.717, 1.165) is 11.4 Å². The van der Waals surface area contributed by atoms with Crippen molar-refractivity contribution in [2.75, 3.05) is 5.32 Å². The Labute approximate surface area is 151 Å². The SMILES string of the molecule is CCc1nnc(NC(=O)c2cc(S(=O)(=O)NC(C)(C)C)ccc2C)s1. The number of aryl methyl sites for hydroxylation is 2. The maximum Gasteiger partial charge on any atom is 0.257 e. The van der Waals surface area contributed by atoms with Crippen LogP contribution in [-0.4, -0.2) is 30.1 Å². The lowest BCUT2D eigenvalue weighted by molar-refractivity contribution is 0.102. The molecule has 2 rings (SSSR count). The number of anilines is 1. The molecule has 1 amide bonds. The Kier molecular flexibility index (Phi) is 5.60. The fourth-order valence-electron chi connectivity index (χ4n) is 2.09. The minimum absolute atomic E-state index is 0.0460. The molecular formula is C16H22N4O3S2. The minimum Gasteiger partial charge on any atom is -0.296 e. The van der Waals surface area contributed by atoms with Gasteiger partial charge in [-0.3, -0.25) is 10.1 Å². The molecule has 0 atom stereocenters. The van der Waals surface area contributed by atoms with Crippen LogP contribution in [0.25, 0.3) is 0 Å². The fraction of sp³-hybridized carbons (Fsp3) is 0.438. The van der Waals surface area contributed by atoms with Crippen LogP contribution in [0.3, 0.4) is 0 Å². The average molecular weight is 383 g/mol. The Bertz CT molecular complexity index is 883. The van der Waals surface area contributed by atoms with Crippen molar-refractivity contribution in [3.63, 3.8) is 0 Å². The zero-order chi connectivity index (χ0) is 18.8. The molecule has 1 aromatic heterocycles. The number of hydrogen-bond donors (Lipinski definition) is 2. The highest BCUT2D eigenvalue weighted by molar-refractivity contribution is 7.89. The standard InChI is InChI=1S/C16H22N4O3S2/c1-6-13-18-19-15(24-13)17-14(21)12-9-11(8-7-10(12)2)25(22,23)20-16(3,4)5/h7-9,20H,6H2,1-5H3,(H,17,19,21). The van der Waals surface area contributed by atoms with Crippen molar-refractivity contribution in [3.05, 3.63) is 34.3 Å². The Morgan fingerprint density at radius 2 is 1.92 bits per heavy atom. The van der Waals surface area contributed by atoms with E-state index >= 15 is 0 Å². The van der Waals surface area contributed by atoms with Crippen LogP contribution in [0.5, 0.6) is 0 Å². The summed E-state index contributed by atoms with van der Waals surface area (Å²) in [7, 11) is -3.72. The van der Waals surface area contributed by atoms with E-state index in [0.29, 0.717) is 10.7 Å². The van der Waals surface area contributed by atoms with Gasteiger partial charge in [-0.2, -0.15) is 0 Å². The topological polar surface area (TPSA) is 101 Å². The van der Waals surface area contributed by atoms with Crippen molar-refractivity contribution in [1.82, 2.24) is 14.9 Å². The second-order valence-electron chi connectivity index (χ2n) is 6.64. The molecule has 136 valence electrons. The van der Waals surface area contributed by atoms with Crippen molar-refractivity contribution in [2.24, 2.45) is 0 Å². The van der Waals surface area contributed by atoms with Gasteiger partial charge in [0.15, 0.2) is 0 Å². The van der Waals surface area contributed by atoms with Gasteiger partial charge in [0, 0.05) is 11.1 Å². The lowest BCUT2D eigenvalue weighted by Crippen LogP contribution is -2.40. The predicted octanol–water partition coefficient (Wildman–Crippen LogP) is 2.74. The number of nitrogens with zero attached hydrogens (tertiary/aromatic N) is 2. The van der Waals surface area contributed by atoms with Crippen molar-refractivity contribution in [1.29, 1.82) is 0 Å². The molecule has 0 radical (unpaired) electrons. The molecule has 9 heteroatoms.